The molecule has 11 heteroatoms. The fourth-order valence-corrected chi connectivity index (χ4v) is 4.27. The zero-order valence-corrected chi connectivity index (χ0v) is 20.3. The second-order valence-corrected chi connectivity index (χ2v) is 8.33. The molecule has 1 fully saturated rings. The minimum Gasteiger partial charge on any atom is -0.493 e. The lowest BCUT2D eigenvalue weighted by Gasteiger charge is -2.29. The van der Waals surface area contributed by atoms with E-state index in [4.69, 9.17) is 14.2 Å². The van der Waals surface area contributed by atoms with Gasteiger partial charge in [-0.3, -0.25) is 9.62 Å². The van der Waals surface area contributed by atoms with Gasteiger partial charge in [0.25, 0.3) is 0 Å². The van der Waals surface area contributed by atoms with Crippen molar-refractivity contribution in [1.29, 1.82) is 0 Å². The third-order valence-corrected chi connectivity index (χ3v) is 6.22. The average Bonchev–Trinajstić information content (AvgIpc) is 2.87. The first kappa shape index (κ1) is 23.7. The quantitative estimate of drug-likeness (QED) is 0.410. The number of nitrogens with one attached hydrogen (secondary N) is 2. The first-order valence-electron chi connectivity index (χ1n) is 11.0. The van der Waals surface area contributed by atoms with Crippen molar-refractivity contribution >= 4 is 47.3 Å². The molecule has 1 aliphatic carbocycles. The number of aromatic nitrogens is 3. The first-order chi connectivity index (χ1) is 16.5. The van der Waals surface area contributed by atoms with Crippen molar-refractivity contribution in [3.8, 4) is 17.2 Å². The van der Waals surface area contributed by atoms with Crippen LogP contribution in [-0.2, 0) is 0 Å². The summed E-state index contributed by atoms with van der Waals surface area (Å²) in [5, 5.41) is 5.99. The van der Waals surface area contributed by atoms with Crippen LogP contribution >= 0.6 is 12.8 Å². The number of hydrogen-bond donors (Lipinski definition) is 3. The maximum absolute atomic E-state index is 12.6. The molecule has 0 spiro atoms. The summed E-state index contributed by atoms with van der Waals surface area (Å²) in [5.41, 5.74) is 1.66. The molecule has 1 saturated carbocycles. The summed E-state index contributed by atoms with van der Waals surface area (Å²) >= 11 is 4.42. The van der Waals surface area contributed by atoms with Gasteiger partial charge in [-0.15, -0.1) is 0 Å². The number of rotatable bonds is 7. The molecule has 10 nitrogen and oxygen atoms in total. The third kappa shape index (κ3) is 5.19. The van der Waals surface area contributed by atoms with Crippen LogP contribution in [-0.4, -0.2) is 52.7 Å². The number of hydrogen-bond acceptors (Lipinski definition) is 9. The van der Waals surface area contributed by atoms with Crippen LogP contribution in [0.25, 0.3) is 11.2 Å². The van der Waals surface area contributed by atoms with E-state index in [9.17, 15) is 4.79 Å². The number of ether oxygens (including phenoxy) is 3. The van der Waals surface area contributed by atoms with Crippen molar-refractivity contribution in [1.82, 2.24) is 19.3 Å². The molecule has 4 rings (SSSR count). The predicted molar refractivity (Wildman–Crippen MR) is 133 cm³/mol. The summed E-state index contributed by atoms with van der Waals surface area (Å²) in [5.74, 6) is 2.36. The van der Waals surface area contributed by atoms with Crippen molar-refractivity contribution in [2.45, 2.75) is 38.1 Å². The molecular formula is C23H28N6O4S. The topological polar surface area (TPSA) is 111 Å². The Labute approximate surface area is 203 Å². The van der Waals surface area contributed by atoms with Gasteiger partial charge in [0.1, 0.15) is 11.3 Å². The number of nitrogens with zero attached hydrogens (tertiary/aromatic N) is 4. The van der Waals surface area contributed by atoms with Crippen LogP contribution in [0.3, 0.4) is 0 Å². The molecule has 0 radical (unpaired) electrons. The van der Waals surface area contributed by atoms with E-state index < -0.39 is 0 Å². The van der Waals surface area contributed by atoms with Gasteiger partial charge in [-0.05, 0) is 25.0 Å². The number of carbonyl (C=O) groups excluding carboxylic acids is 1. The summed E-state index contributed by atoms with van der Waals surface area (Å²) in [6, 6.07) is 6.82. The maximum atomic E-state index is 12.6. The summed E-state index contributed by atoms with van der Waals surface area (Å²) in [4.78, 5) is 26.1. The number of fused-ring (bicyclic) bond motifs is 1. The highest BCUT2D eigenvalue weighted by molar-refractivity contribution is 7.78. The lowest BCUT2D eigenvalue weighted by atomic mass is 9.96. The zero-order valence-electron chi connectivity index (χ0n) is 19.4. The van der Waals surface area contributed by atoms with Crippen molar-refractivity contribution in [2.24, 2.45) is 0 Å². The number of urea groups is 1. The second-order valence-electron chi connectivity index (χ2n) is 7.90. The lowest BCUT2D eigenvalue weighted by Crippen LogP contribution is -2.37. The van der Waals surface area contributed by atoms with E-state index in [1.807, 2.05) is 0 Å². The van der Waals surface area contributed by atoms with Gasteiger partial charge in [-0.2, -0.15) is 0 Å². The SMILES string of the molecule is COc1cc(Nc2cnc3ccc(NC(=O)N(S)C4CCCCC4)nc3n2)cc(OC)c1OC. The number of carbonyl (C=O) groups is 1. The van der Waals surface area contributed by atoms with Crippen molar-refractivity contribution in [3.05, 3.63) is 30.5 Å². The maximum Gasteiger partial charge on any atom is 0.333 e. The van der Waals surface area contributed by atoms with Crippen LogP contribution < -0.4 is 24.8 Å². The Bertz CT molecular complexity index is 1150. The van der Waals surface area contributed by atoms with E-state index in [1.54, 1.807) is 51.8 Å². The Morgan fingerprint density at radius 3 is 2.32 bits per heavy atom. The Kier molecular flexibility index (Phi) is 7.41. The minimum absolute atomic E-state index is 0.131. The summed E-state index contributed by atoms with van der Waals surface area (Å²) in [7, 11) is 4.65. The van der Waals surface area contributed by atoms with Crippen LogP contribution in [0.15, 0.2) is 30.5 Å². The van der Waals surface area contributed by atoms with E-state index in [0.29, 0.717) is 45.7 Å². The lowest BCUT2D eigenvalue weighted by molar-refractivity contribution is 0.218. The molecule has 0 unspecified atom stereocenters. The Morgan fingerprint density at radius 2 is 1.68 bits per heavy atom. The van der Waals surface area contributed by atoms with Gasteiger partial charge >= 0.3 is 6.03 Å². The van der Waals surface area contributed by atoms with Gasteiger partial charge in [-0.25, -0.2) is 19.7 Å². The Morgan fingerprint density at radius 1 is 1.00 bits per heavy atom. The smallest absolute Gasteiger partial charge is 0.333 e. The first-order valence-corrected chi connectivity index (χ1v) is 11.4. The predicted octanol–water partition coefficient (Wildman–Crippen LogP) is 4.81. The minimum atomic E-state index is -0.304. The van der Waals surface area contributed by atoms with Crippen molar-refractivity contribution in [2.75, 3.05) is 32.0 Å². The van der Waals surface area contributed by atoms with Crippen LogP contribution in [0.5, 0.6) is 17.2 Å². The molecule has 1 aliphatic rings. The van der Waals surface area contributed by atoms with Gasteiger partial charge < -0.3 is 19.5 Å². The number of pyridine rings is 1. The zero-order chi connectivity index (χ0) is 24.1. The third-order valence-electron chi connectivity index (χ3n) is 5.71. The largest absolute Gasteiger partial charge is 0.493 e. The normalized spacial score (nSPS) is 13.9. The highest BCUT2D eigenvalue weighted by Gasteiger charge is 2.23. The van der Waals surface area contributed by atoms with Crippen LogP contribution in [0.1, 0.15) is 32.1 Å². The van der Waals surface area contributed by atoms with E-state index in [-0.39, 0.29) is 12.1 Å². The fraction of sp³-hybridized carbons (Fsp3) is 0.391. The molecule has 0 saturated heterocycles. The van der Waals surface area contributed by atoms with Crippen molar-refractivity contribution in [3.63, 3.8) is 0 Å². The molecule has 2 N–H and O–H groups in total. The second kappa shape index (κ2) is 10.6. The molecule has 0 atom stereocenters. The number of thiol groups is 1. The number of anilines is 3. The molecule has 1 aromatic carbocycles. The van der Waals surface area contributed by atoms with Gasteiger partial charge in [-0.1, -0.05) is 32.1 Å². The molecule has 180 valence electrons. The molecular weight excluding hydrogens is 456 g/mol. The summed E-state index contributed by atoms with van der Waals surface area (Å²) in [6.45, 7) is 0. The highest BCUT2D eigenvalue weighted by atomic mass is 32.1. The monoisotopic (exact) mass is 484 g/mol. The van der Waals surface area contributed by atoms with Gasteiger partial charge in [0.05, 0.1) is 27.5 Å². The van der Waals surface area contributed by atoms with Gasteiger partial charge in [0.15, 0.2) is 23.0 Å². The highest BCUT2D eigenvalue weighted by Crippen LogP contribution is 2.40. The molecule has 2 aromatic heterocycles. The van der Waals surface area contributed by atoms with Crippen LogP contribution in [0.2, 0.25) is 0 Å². The molecule has 2 heterocycles. The Hall–Kier alpha value is -3.47. The summed E-state index contributed by atoms with van der Waals surface area (Å²) in [6.07, 6.45) is 6.95. The number of methoxy groups -OCH3 is 3. The standard InChI is InChI=1S/C23H28N6O4S/c1-31-17-11-14(12-18(32-2)21(17)33-3)25-20-13-24-16-9-10-19(26-22(16)27-20)28-23(30)29(34)15-7-5-4-6-8-15/h9-13,15,34H,4-8H2,1-3H3,(H2,25,26,27,28,30). The fourth-order valence-electron chi connectivity index (χ4n) is 3.99. The molecule has 3 aromatic rings. The van der Waals surface area contributed by atoms with E-state index >= 15 is 0 Å². The average molecular weight is 485 g/mol. The summed E-state index contributed by atoms with van der Waals surface area (Å²) < 4.78 is 17.6. The van der Waals surface area contributed by atoms with E-state index in [0.717, 1.165) is 25.7 Å². The van der Waals surface area contributed by atoms with Crippen molar-refractivity contribution < 1.29 is 19.0 Å². The molecule has 0 aliphatic heterocycles. The number of amides is 2. The molecule has 0 bridgehead atoms. The van der Waals surface area contributed by atoms with Crippen LogP contribution in [0, 0.1) is 0 Å². The van der Waals surface area contributed by atoms with Crippen LogP contribution in [0.4, 0.5) is 22.1 Å². The van der Waals surface area contributed by atoms with E-state index in [2.05, 4.69) is 38.4 Å². The van der Waals surface area contributed by atoms with Gasteiger partial charge in [0.2, 0.25) is 5.75 Å². The molecule has 34 heavy (non-hydrogen) atoms. The molecule has 2 amide bonds. The van der Waals surface area contributed by atoms with E-state index in [1.165, 1.54) is 10.7 Å². The number of benzene rings is 1. The Balaban J connectivity index is 1.53. The van der Waals surface area contributed by atoms with Gasteiger partial charge in [0, 0.05) is 23.9 Å².